The van der Waals surface area contributed by atoms with Crippen LogP contribution in [-0.2, 0) is 13.1 Å². The van der Waals surface area contributed by atoms with Gasteiger partial charge in [0, 0.05) is 34.4 Å². The molecular formula is C25H24N2O2S. The van der Waals surface area contributed by atoms with Gasteiger partial charge in [-0.05, 0) is 38.0 Å². The number of benzene rings is 2. The van der Waals surface area contributed by atoms with E-state index in [9.17, 15) is 9.59 Å². The van der Waals surface area contributed by atoms with E-state index in [0.717, 1.165) is 46.1 Å². The lowest BCUT2D eigenvalue weighted by Gasteiger charge is -2.11. The summed E-state index contributed by atoms with van der Waals surface area (Å²) in [6.07, 6.45) is 0. The van der Waals surface area contributed by atoms with Crippen molar-refractivity contribution < 1.29 is 4.79 Å². The van der Waals surface area contributed by atoms with Crippen LogP contribution in [0.2, 0.25) is 0 Å². The first-order valence-electron chi connectivity index (χ1n) is 9.94. The summed E-state index contributed by atoms with van der Waals surface area (Å²) < 4.78 is 3.75. The first-order chi connectivity index (χ1) is 14.5. The number of nitrogens with zero attached hydrogens (tertiary/aromatic N) is 2. The van der Waals surface area contributed by atoms with E-state index in [1.807, 2.05) is 74.7 Å². The second-order valence-electron chi connectivity index (χ2n) is 7.57. The third-order valence-corrected chi connectivity index (χ3v) is 6.33. The highest BCUT2D eigenvalue weighted by Gasteiger charge is 2.19. The highest BCUT2D eigenvalue weighted by Crippen LogP contribution is 2.25. The Hall–Kier alpha value is -3.18. The van der Waals surface area contributed by atoms with E-state index in [2.05, 4.69) is 16.7 Å². The topological polar surface area (TPSA) is 44.0 Å². The average Bonchev–Trinajstić information content (AvgIpc) is 3.23. The number of rotatable bonds is 6. The van der Waals surface area contributed by atoms with Crippen LogP contribution in [0, 0.1) is 20.8 Å². The number of aromatic nitrogens is 2. The molecule has 0 radical (unpaired) electrons. The maximum Gasteiger partial charge on any atom is 0.307 e. The Balaban J connectivity index is 1.65. The molecule has 0 N–H and O–H groups in total. The third kappa shape index (κ3) is 3.81. The summed E-state index contributed by atoms with van der Waals surface area (Å²) in [7, 11) is 0. The summed E-state index contributed by atoms with van der Waals surface area (Å²) in [4.78, 5) is 25.6. The summed E-state index contributed by atoms with van der Waals surface area (Å²) in [5.41, 5.74) is 6.70. The van der Waals surface area contributed by atoms with E-state index in [4.69, 9.17) is 0 Å². The van der Waals surface area contributed by atoms with E-state index in [1.165, 1.54) is 5.56 Å². The molecule has 4 nitrogen and oxygen atoms in total. The van der Waals surface area contributed by atoms with Crippen LogP contribution in [0.15, 0.2) is 70.8 Å². The fourth-order valence-electron chi connectivity index (χ4n) is 3.87. The molecule has 0 saturated carbocycles. The quantitative estimate of drug-likeness (QED) is 0.404. The van der Waals surface area contributed by atoms with Crippen molar-refractivity contribution in [1.29, 1.82) is 0 Å². The zero-order chi connectivity index (χ0) is 21.3. The maximum absolute atomic E-state index is 13.2. The Morgan fingerprint density at radius 3 is 2.37 bits per heavy atom. The summed E-state index contributed by atoms with van der Waals surface area (Å²) in [5, 5.41) is 1.84. The van der Waals surface area contributed by atoms with Gasteiger partial charge in [-0.1, -0.05) is 65.9 Å². The molecule has 5 heteroatoms. The summed E-state index contributed by atoms with van der Waals surface area (Å²) in [6.45, 7) is 6.77. The maximum atomic E-state index is 13.2. The zero-order valence-electron chi connectivity index (χ0n) is 17.4. The largest absolute Gasteiger partial charge is 0.344 e. The van der Waals surface area contributed by atoms with Gasteiger partial charge in [0.15, 0.2) is 5.78 Å². The van der Waals surface area contributed by atoms with Crippen molar-refractivity contribution in [3.63, 3.8) is 0 Å². The molecule has 152 valence electrons. The zero-order valence-corrected chi connectivity index (χ0v) is 18.2. The van der Waals surface area contributed by atoms with E-state index < -0.39 is 0 Å². The Morgan fingerprint density at radius 2 is 1.63 bits per heavy atom. The van der Waals surface area contributed by atoms with E-state index >= 15 is 0 Å². The van der Waals surface area contributed by atoms with Crippen molar-refractivity contribution in [1.82, 2.24) is 9.13 Å². The van der Waals surface area contributed by atoms with Gasteiger partial charge in [-0.25, -0.2) is 0 Å². The van der Waals surface area contributed by atoms with E-state index in [0.29, 0.717) is 5.56 Å². The first-order valence-corrected chi connectivity index (χ1v) is 10.8. The first kappa shape index (κ1) is 20.1. The second-order valence-corrected chi connectivity index (χ2v) is 8.39. The average molecular weight is 417 g/mol. The number of aryl methyl sites for hydroxylation is 2. The van der Waals surface area contributed by atoms with Gasteiger partial charge in [0.1, 0.15) is 0 Å². The molecule has 0 unspecified atom stereocenters. The lowest BCUT2D eigenvalue weighted by atomic mass is 10.1. The van der Waals surface area contributed by atoms with Crippen molar-refractivity contribution in [3.05, 3.63) is 104 Å². The van der Waals surface area contributed by atoms with Gasteiger partial charge in [-0.2, -0.15) is 0 Å². The number of carbonyl (C=O) groups excluding carboxylic acids is 1. The fourth-order valence-corrected chi connectivity index (χ4v) is 4.63. The van der Waals surface area contributed by atoms with Gasteiger partial charge in [0.05, 0.1) is 12.2 Å². The molecule has 2 heterocycles. The van der Waals surface area contributed by atoms with Crippen molar-refractivity contribution in [2.24, 2.45) is 0 Å². The lowest BCUT2D eigenvalue weighted by molar-refractivity contribution is 0.0971. The van der Waals surface area contributed by atoms with Crippen molar-refractivity contribution in [2.75, 3.05) is 0 Å². The predicted molar refractivity (Wildman–Crippen MR) is 123 cm³/mol. The molecule has 4 aromatic rings. The molecule has 0 aliphatic heterocycles. The lowest BCUT2D eigenvalue weighted by Crippen LogP contribution is -2.21. The highest BCUT2D eigenvalue weighted by molar-refractivity contribution is 7.07. The SMILES string of the molecule is Cc1ccccc1-c1csc(=O)n1CC(=O)c1cc(C)n(Cc2ccccc2)c1C. The van der Waals surface area contributed by atoms with Crippen molar-refractivity contribution in [3.8, 4) is 11.3 Å². The minimum absolute atomic E-state index is 0.0433. The Morgan fingerprint density at radius 1 is 0.933 bits per heavy atom. The number of carbonyl (C=O) groups is 1. The summed E-state index contributed by atoms with van der Waals surface area (Å²) in [6, 6.07) is 20.1. The smallest absolute Gasteiger partial charge is 0.307 e. The minimum atomic E-state index is -0.111. The molecular weight excluding hydrogens is 392 g/mol. The van der Waals surface area contributed by atoms with Crippen LogP contribution in [0.3, 0.4) is 0 Å². The van der Waals surface area contributed by atoms with E-state index in [-0.39, 0.29) is 17.2 Å². The molecule has 4 rings (SSSR count). The van der Waals surface area contributed by atoms with Crippen LogP contribution < -0.4 is 4.87 Å². The highest BCUT2D eigenvalue weighted by atomic mass is 32.1. The number of ketones is 1. The van der Waals surface area contributed by atoms with Gasteiger partial charge < -0.3 is 4.57 Å². The number of hydrogen-bond acceptors (Lipinski definition) is 3. The van der Waals surface area contributed by atoms with Crippen LogP contribution in [0.25, 0.3) is 11.3 Å². The van der Waals surface area contributed by atoms with E-state index in [1.54, 1.807) is 4.57 Å². The van der Waals surface area contributed by atoms with Gasteiger partial charge in [0.2, 0.25) is 0 Å². The van der Waals surface area contributed by atoms with Gasteiger partial charge >= 0.3 is 4.87 Å². The molecule has 0 bridgehead atoms. The van der Waals surface area contributed by atoms with Crippen LogP contribution in [0.1, 0.15) is 32.9 Å². The molecule has 2 aromatic heterocycles. The number of thiazole rings is 1. The molecule has 0 aliphatic carbocycles. The number of Topliss-reactive ketones (excluding diaryl/α,β-unsaturated/α-hetero) is 1. The number of hydrogen-bond donors (Lipinski definition) is 0. The molecule has 0 atom stereocenters. The van der Waals surface area contributed by atoms with Crippen LogP contribution >= 0.6 is 11.3 Å². The molecule has 0 amide bonds. The molecule has 0 saturated heterocycles. The molecule has 0 aliphatic rings. The minimum Gasteiger partial charge on any atom is -0.344 e. The van der Waals surface area contributed by atoms with Crippen molar-refractivity contribution in [2.45, 2.75) is 33.9 Å². The Kier molecular flexibility index (Phi) is 5.55. The summed E-state index contributed by atoms with van der Waals surface area (Å²) >= 11 is 1.14. The molecule has 0 spiro atoms. The van der Waals surface area contributed by atoms with Gasteiger partial charge in [0.25, 0.3) is 0 Å². The van der Waals surface area contributed by atoms with Crippen molar-refractivity contribution >= 4 is 17.1 Å². The Bertz CT molecular complexity index is 1260. The predicted octanol–water partition coefficient (Wildman–Crippen LogP) is 5.23. The second kappa shape index (κ2) is 8.28. The molecule has 0 fully saturated rings. The Labute approximate surface area is 180 Å². The monoisotopic (exact) mass is 416 g/mol. The molecule has 30 heavy (non-hydrogen) atoms. The van der Waals surface area contributed by atoms with Gasteiger partial charge in [-0.15, -0.1) is 0 Å². The third-order valence-electron chi connectivity index (χ3n) is 5.56. The van der Waals surface area contributed by atoms with Gasteiger partial charge in [-0.3, -0.25) is 14.2 Å². The molecule has 2 aromatic carbocycles. The normalized spacial score (nSPS) is 11.0. The van der Waals surface area contributed by atoms with Crippen LogP contribution in [0.5, 0.6) is 0 Å². The summed E-state index contributed by atoms with van der Waals surface area (Å²) in [5.74, 6) is -0.0438. The van der Waals surface area contributed by atoms with Crippen LogP contribution in [0.4, 0.5) is 0 Å². The fraction of sp³-hybridized carbons (Fsp3) is 0.200. The standard InChI is InChI=1S/C25H24N2O2S/c1-17-9-7-8-12-21(17)23-16-30-25(29)27(23)15-24(28)22-13-18(2)26(19(22)3)14-20-10-5-4-6-11-20/h4-13,16H,14-15H2,1-3H3. The van der Waals surface area contributed by atoms with Crippen LogP contribution in [-0.4, -0.2) is 14.9 Å².